The number of carbonyl (C=O) groups is 1. The molecule has 2 aromatic rings. The molecule has 0 radical (unpaired) electrons. The van der Waals surface area contributed by atoms with Crippen molar-refractivity contribution in [3.05, 3.63) is 40.3 Å². The van der Waals surface area contributed by atoms with Gasteiger partial charge in [0, 0.05) is 43.8 Å². The third-order valence-corrected chi connectivity index (χ3v) is 5.57. The number of carbonyl (C=O) groups excluding carboxylic acids is 1. The lowest BCUT2D eigenvalue weighted by atomic mass is 10.2. The number of ether oxygens (including phenoxy) is 1. The number of aryl methyl sites for hydroxylation is 1. The smallest absolute Gasteiger partial charge is 0.241 e. The summed E-state index contributed by atoms with van der Waals surface area (Å²) in [4.78, 5) is 21.7. The Morgan fingerprint density at radius 1 is 1.27 bits per heavy atom. The van der Waals surface area contributed by atoms with Gasteiger partial charge in [0.25, 0.3) is 0 Å². The van der Waals surface area contributed by atoms with E-state index < -0.39 is 0 Å². The molecular formula is C19H26N4O2S. The normalized spacial score (nSPS) is 17.0. The maximum Gasteiger partial charge on any atom is 0.241 e. The molecule has 1 aliphatic rings. The van der Waals surface area contributed by atoms with Crippen molar-refractivity contribution in [2.45, 2.75) is 26.4 Å². The topological polar surface area (TPSA) is 57.7 Å². The van der Waals surface area contributed by atoms with Crippen LogP contribution in [0.4, 0.5) is 5.69 Å². The Morgan fingerprint density at radius 2 is 1.96 bits per heavy atom. The highest BCUT2D eigenvalue weighted by Crippen LogP contribution is 2.17. The van der Waals surface area contributed by atoms with E-state index >= 15 is 0 Å². The third-order valence-electron chi connectivity index (χ3n) is 4.74. The van der Waals surface area contributed by atoms with Crippen LogP contribution < -0.4 is 10.1 Å². The number of hydrogen-bond acceptors (Lipinski definition) is 6. The zero-order valence-corrected chi connectivity index (χ0v) is 16.4. The van der Waals surface area contributed by atoms with Gasteiger partial charge in [0.2, 0.25) is 5.91 Å². The van der Waals surface area contributed by atoms with E-state index in [0.29, 0.717) is 0 Å². The first-order valence-corrected chi connectivity index (χ1v) is 9.75. The molecule has 6 nitrogen and oxygen atoms in total. The molecule has 0 unspecified atom stereocenters. The number of amides is 1. The molecule has 0 bridgehead atoms. The predicted molar refractivity (Wildman–Crippen MR) is 105 cm³/mol. The summed E-state index contributed by atoms with van der Waals surface area (Å²) in [6.45, 7) is 8.59. The van der Waals surface area contributed by atoms with Crippen LogP contribution in [0.5, 0.6) is 5.75 Å². The Balaban J connectivity index is 1.47. The average Bonchev–Trinajstić information content (AvgIpc) is 3.07. The Hall–Kier alpha value is -1.96. The molecule has 1 aromatic heterocycles. The lowest BCUT2D eigenvalue weighted by Gasteiger charge is -2.37. The molecule has 1 atom stereocenters. The van der Waals surface area contributed by atoms with Crippen molar-refractivity contribution in [2.24, 2.45) is 0 Å². The van der Waals surface area contributed by atoms with Gasteiger partial charge in [-0.2, -0.15) is 0 Å². The Bertz CT molecular complexity index is 723. The number of piperazine rings is 1. The fourth-order valence-electron chi connectivity index (χ4n) is 3.11. The number of nitrogens with zero attached hydrogens (tertiary/aromatic N) is 3. The van der Waals surface area contributed by atoms with Gasteiger partial charge in [0.05, 0.1) is 23.9 Å². The number of rotatable bonds is 6. The number of anilines is 1. The lowest BCUT2D eigenvalue weighted by Crippen LogP contribution is -2.52. The van der Waals surface area contributed by atoms with Gasteiger partial charge in [-0.15, -0.1) is 11.3 Å². The third kappa shape index (κ3) is 4.81. The molecule has 0 saturated carbocycles. The zero-order chi connectivity index (χ0) is 18.5. The first-order valence-electron chi connectivity index (χ1n) is 8.87. The second-order valence-electron chi connectivity index (χ2n) is 6.56. The molecule has 7 heteroatoms. The molecule has 1 aliphatic heterocycles. The van der Waals surface area contributed by atoms with E-state index in [1.807, 2.05) is 38.1 Å². The van der Waals surface area contributed by atoms with E-state index in [9.17, 15) is 4.79 Å². The second-order valence-corrected chi connectivity index (χ2v) is 7.63. The van der Waals surface area contributed by atoms with E-state index in [-0.39, 0.29) is 11.9 Å². The molecule has 1 N–H and O–H groups in total. The van der Waals surface area contributed by atoms with Gasteiger partial charge in [-0.05, 0) is 38.1 Å². The largest absolute Gasteiger partial charge is 0.497 e. The summed E-state index contributed by atoms with van der Waals surface area (Å²) in [5.74, 6) is 0.807. The summed E-state index contributed by atoms with van der Waals surface area (Å²) < 4.78 is 5.14. The zero-order valence-electron chi connectivity index (χ0n) is 15.6. The monoisotopic (exact) mass is 374 g/mol. The van der Waals surface area contributed by atoms with Crippen LogP contribution in [0, 0.1) is 6.92 Å². The van der Waals surface area contributed by atoms with E-state index in [4.69, 9.17) is 4.74 Å². The molecule has 0 spiro atoms. The number of nitrogens with one attached hydrogen (secondary N) is 1. The van der Waals surface area contributed by atoms with Crippen molar-refractivity contribution in [3.8, 4) is 5.75 Å². The van der Waals surface area contributed by atoms with Crippen LogP contribution in [-0.4, -0.2) is 60.0 Å². The Kier molecular flexibility index (Phi) is 6.24. The highest BCUT2D eigenvalue weighted by molar-refractivity contribution is 7.09. The van der Waals surface area contributed by atoms with Crippen LogP contribution in [0.1, 0.15) is 17.6 Å². The first kappa shape index (κ1) is 18.8. The lowest BCUT2D eigenvalue weighted by molar-refractivity contribution is -0.121. The average molecular weight is 375 g/mol. The van der Waals surface area contributed by atoms with E-state index in [1.165, 1.54) is 0 Å². The molecule has 140 valence electrons. The van der Waals surface area contributed by atoms with Crippen LogP contribution in [0.2, 0.25) is 0 Å². The van der Waals surface area contributed by atoms with Crippen molar-refractivity contribution < 1.29 is 9.53 Å². The molecule has 1 amide bonds. The first-order chi connectivity index (χ1) is 12.5. The number of aromatic nitrogens is 1. The minimum atomic E-state index is -0.152. The van der Waals surface area contributed by atoms with E-state index in [2.05, 4.69) is 25.5 Å². The molecule has 1 aromatic carbocycles. The fraction of sp³-hybridized carbons (Fsp3) is 0.474. The maximum atomic E-state index is 12.5. The van der Waals surface area contributed by atoms with Gasteiger partial charge >= 0.3 is 0 Å². The maximum absolute atomic E-state index is 12.5. The van der Waals surface area contributed by atoms with Crippen molar-refractivity contribution in [1.29, 1.82) is 0 Å². The van der Waals surface area contributed by atoms with Crippen molar-refractivity contribution >= 4 is 22.9 Å². The van der Waals surface area contributed by atoms with Crippen molar-refractivity contribution in [3.63, 3.8) is 0 Å². The fourth-order valence-corrected chi connectivity index (χ4v) is 3.71. The van der Waals surface area contributed by atoms with Gasteiger partial charge in [0.15, 0.2) is 0 Å². The van der Waals surface area contributed by atoms with Crippen molar-refractivity contribution in [1.82, 2.24) is 14.8 Å². The van der Waals surface area contributed by atoms with Crippen LogP contribution >= 0.6 is 11.3 Å². The summed E-state index contributed by atoms with van der Waals surface area (Å²) in [5, 5.41) is 6.23. The summed E-state index contributed by atoms with van der Waals surface area (Å²) in [6.07, 6.45) is 0. The number of hydrogen-bond donors (Lipinski definition) is 1. The van der Waals surface area contributed by atoms with Crippen LogP contribution in [0.15, 0.2) is 29.6 Å². The molecule has 26 heavy (non-hydrogen) atoms. The molecule has 1 fully saturated rings. The molecule has 3 rings (SSSR count). The standard InChI is InChI=1S/C19H26N4O2S/c1-14(19(24)21-16-4-6-18(25-3)7-5-16)23-10-8-22(9-11-23)12-17-13-26-15(2)20-17/h4-7,13-14H,8-12H2,1-3H3,(H,21,24)/t14-/m1/s1. The SMILES string of the molecule is COc1ccc(NC(=O)[C@@H](C)N2CCN(Cc3csc(C)n3)CC2)cc1. The van der Waals surface area contributed by atoms with Crippen molar-refractivity contribution in [2.75, 3.05) is 38.6 Å². The molecule has 1 saturated heterocycles. The minimum Gasteiger partial charge on any atom is -0.497 e. The molecule has 0 aliphatic carbocycles. The van der Waals surface area contributed by atoms with Crippen LogP contribution in [0.25, 0.3) is 0 Å². The Morgan fingerprint density at radius 3 is 2.54 bits per heavy atom. The van der Waals surface area contributed by atoms with E-state index in [1.54, 1.807) is 18.4 Å². The summed E-state index contributed by atoms with van der Waals surface area (Å²) >= 11 is 1.70. The van der Waals surface area contributed by atoms with Gasteiger partial charge in [-0.3, -0.25) is 14.6 Å². The highest BCUT2D eigenvalue weighted by atomic mass is 32.1. The minimum absolute atomic E-state index is 0.0266. The quantitative estimate of drug-likeness (QED) is 0.842. The van der Waals surface area contributed by atoms with Gasteiger partial charge in [-0.1, -0.05) is 0 Å². The molecule has 2 heterocycles. The second kappa shape index (κ2) is 8.62. The van der Waals surface area contributed by atoms with E-state index in [0.717, 1.165) is 54.9 Å². The highest BCUT2D eigenvalue weighted by Gasteiger charge is 2.25. The van der Waals surface area contributed by atoms with Gasteiger partial charge in [-0.25, -0.2) is 4.98 Å². The number of benzene rings is 1. The summed E-state index contributed by atoms with van der Waals surface area (Å²) in [5.41, 5.74) is 1.94. The predicted octanol–water partition coefficient (Wildman–Crippen LogP) is 2.60. The summed E-state index contributed by atoms with van der Waals surface area (Å²) in [6, 6.07) is 7.26. The van der Waals surface area contributed by atoms with Crippen LogP contribution in [0.3, 0.4) is 0 Å². The summed E-state index contributed by atoms with van der Waals surface area (Å²) in [7, 11) is 1.63. The van der Waals surface area contributed by atoms with Gasteiger partial charge in [0.1, 0.15) is 5.75 Å². The number of methoxy groups -OCH3 is 1. The number of thiazole rings is 1. The molecular weight excluding hydrogens is 348 g/mol. The van der Waals surface area contributed by atoms with Crippen LogP contribution in [-0.2, 0) is 11.3 Å². The van der Waals surface area contributed by atoms with Gasteiger partial charge < -0.3 is 10.1 Å². The Labute approximate surface area is 158 Å².